The Kier molecular flexibility index (Phi) is 7.56. The van der Waals surface area contributed by atoms with Crippen molar-refractivity contribution >= 4 is 38.6 Å². The average Bonchev–Trinajstić information content (AvgIpc) is 3.46. The predicted molar refractivity (Wildman–Crippen MR) is 230 cm³/mol. The van der Waals surface area contributed by atoms with Gasteiger partial charge in [0, 0.05) is 22.5 Å². The van der Waals surface area contributed by atoms with E-state index < -0.39 is 0 Å². The SMILES string of the molecule is CC1(C)c2ccccc2-c2ccc(-c3ccc(N(c4ccccc4)c4ccc5c(-c6ccccc6)c6ccccc6c(-c6ccccc6)c5c4)cc3)cc21. The highest BCUT2D eigenvalue weighted by Crippen LogP contribution is 2.50. The third-order valence-corrected chi connectivity index (χ3v) is 11.4. The van der Waals surface area contributed by atoms with Crippen molar-refractivity contribution < 1.29 is 0 Å². The Hall–Kier alpha value is -6.70. The summed E-state index contributed by atoms with van der Waals surface area (Å²) >= 11 is 0. The van der Waals surface area contributed by atoms with Crippen LogP contribution in [-0.4, -0.2) is 0 Å². The van der Waals surface area contributed by atoms with E-state index in [1.807, 2.05) is 0 Å². The van der Waals surface area contributed by atoms with E-state index in [9.17, 15) is 0 Å². The third kappa shape index (κ3) is 5.16. The molecular weight excluding hydrogens is 651 g/mol. The van der Waals surface area contributed by atoms with Gasteiger partial charge in [0.05, 0.1) is 0 Å². The molecule has 1 nitrogen and oxygen atoms in total. The fraction of sp³-hybridized carbons (Fsp3) is 0.0566. The Morgan fingerprint density at radius 1 is 0.315 bits per heavy atom. The minimum Gasteiger partial charge on any atom is -0.310 e. The molecule has 0 heterocycles. The molecule has 0 saturated heterocycles. The molecule has 0 aliphatic heterocycles. The van der Waals surface area contributed by atoms with E-state index in [0.717, 1.165) is 17.1 Å². The summed E-state index contributed by atoms with van der Waals surface area (Å²) in [5, 5.41) is 4.99. The molecule has 0 aromatic heterocycles. The summed E-state index contributed by atoms with van der Waals surface area (Å²) in [7, 11) is 0. The largest absolute Gasteiger partial charge is 0.310 e. The first kappa shape index (κ1) is 32.0. The van der Waals surface area contributed by atoms with Crippen molar-refractivity contribution in [1.82, 2.24) is 0 Å². The van der Waals surface area contributed by atoms with Crippen molar-refractivity contribution in [2.75, 3.05) is 4.90 Å². The summed E-state index contributed by atoms with van der Waals surface area (Å²) in [5.74, 6) is 0. The van der Waals surface area contributed by atoms with Crippen LogP contribution in [0.5, 0.6) is 0 Å². The molecule has 9 aromatic carbocycles. The van der Waals surface area contributed by atoms with Gasteiger partial charge in [-0.05, 0) is 120 Å². The van der Waals surface area contributed by atoms with Crippen LogP contribution in [0.3, 0.4) is 0 Å². The number of para-hydroxylation sites is 1. The van der Waals surface area contributed by atoms with E-state index in [1.54, 1.807) is 0 Å². The van der Waals surface area contributed by atoms with Gasteiger partial charge >= 0.3 is 0 Å². The molecule has 1 aliphatic carbocycles. The summed E-state index contributed by atoms with van der Waals surface area (Å²) < 4.78 is 0. The Labute approximate surface area is 317 Å². The summed E-state index contributed by atoms with van der Waals surface area (Å²) in [5.41, 5.74) is 16.2. The first-order chi connectivity index (χ1) is 26.6. The average molecular weight is 690 g/mol. The minimum atomic E-state index is -0.0353. The number of fused-ring (bicyclic) bond motifs is 5. The molecule has 0 saturated carbocycles. The molecule has 256 valence electrons. The van der Waals surface area contributed by atoms with Gasteiger partial charge in [-0.25, -0.2) is 0 Å². The van der Waals surface area contributed by atoms with E-state index in [-0.39, 0.29) is 5.41 Å². The molecule has 0 atom stereocenters. The standard InChI is InChI=1S/C53H39N/c1-53(2)49-25-15-14-22-43(49)44-32-28-39(34-50(44)53)36-26-29-41(30-27-36)54(40-20-10-5-11-21-40)42-31-33-47-48(35-42)52(38-18-8-4-9-19-38)46-24-13-12-23-45(46)51(47)37-16-6-3-7-17-37/h3-35H,1-2H3. The van der Waals surface area contributed by atoms with Crippen molar-refractivity contribution in [1.29, 1.82) is 0 Å². The fourth-order valence-electron chi connectivity index (χ4n) is 8.85. The molecule has 0 fully saturated rings. The second-order valence-corrected chi connectivity index (χ2v) is 14.9. The summed E-state index contributed by atoms with van der Waals surface area (Å²) in [6, 6.07) is 73.3. The van der Waals surface area contributed by atoms with Gasteiger partial charge in [-0.1, -0.05) is 172 Å². The molecule has 10 rings (SSSR count). The van der Waals surface area contributed by atoms with Crippen molar-refractivity contribution in [3.8, 4) is 44.5 Å². The highest BCUT2D eigenvalue weighted by Gasteiger charge is 2.35. The van der Waals surface area contributed by atoms with Gasteiger partial charge in [0.2, 0.25) is 0 Å². The van der Waals surface area contributed by atoms with Crippen LogP contribution in [0.25, 0.3) is 66.1 Å². The molecule has 0 unspecified atom stereocenters. The zero-order valence-electron chi connectivity index (χ0n) is 30.5. The fourth-order valence-corrected chi connectivity index (χ4v) is 8.85. The minimum absolute atomic E-state index is 0.0353. The van der Waals surface area contributed by atoms with Gasteiger partial charge < -0.3 is 4.90 Å². The zero-order chi connectivity index (χ0) is 36.2. The van der Waals surface area contributed by atoms with Crippen LogP contribution >= 0.6 is 0 Å². The van der Waals surface area contributed by atoms with Crippen LogP contribution in [0.1, 0.15) is 25.0 Å². The number of hydrogen-bond donors (Lipinski definition) is 0. The molecule has 0 N–H and O–H groups in total. The van der Waals surface area contributed by atoms with Crippen LogP contribution in [0.15, 0.2) is 200 Å². The number of rotatable bonds is 6. The Balaban J connectivity index is 1.14. The van der Waals surface area contributed by atoms with Crippen LogP contribution in [0.2, 0.25) is 0 Å². The topological polar surface area (TPSA) is 3.24 Å². The monoisotopic (exact) mass is 689 g/mol. The first-order valence-corrected chi connectivity index (χ1v) is 18.9. The second kappa shape index (κ2) is 12.8. The van der Waals surface area contributed by atoms with Gasteiger partial charge in [0.15, 0.2) is 0 Å². The van der Waals surface area contributed by atoms with E-state index >= 15 is 0 Å². The molecule has 9 aromatic rings. The second-order valence-electron chi connectivity index (χ2n) is 14.9. The Bertz CT molecular complexity index is 2820. The van der Waals surface area contributed by atoms with Crippen molar-refractivity contribution in [2.45, 2.75) is 19.3 Å². The highest BCUT2D eigenvalue weighted by atomic mass is 15.1. The maximum atomic E-state index is 2.41. The number of hydrogen-bond acceptors (Lipinski definition) is 1. The lowest BCUT2D eigenvalue weighted by atomic mass is 9.81. The number of nitrogens with zero attached hydrogens (tertiary/aromatic N) is 1. The molecular formula is C53H39N. The quantitative estimate of drug-likeness (QED) is 0.157. The van der Waals surface area contributed by atoms with Crippen LogP contribution < -0.4 is 4.90 Å². The number of benzene rings is 9. The maximum absolute atomic E-state index is 2.41. The summed E-state index contributed by atoms with van der Waals surface area (Å²) in [6.07, 6.45) is 0. The van der Waals surface area contributed by atoms with Crippen LogP contribution in [-0.2, 0) is 5.41 Å². The van der Waals surface area contributed by atoms with Gasteiger partial charge in [-0.2, -0.15) is 0 Å². The van der Waals surface area contributed by atoms with Gasteiger partial charge in [0.25, 0.3) is 0 Å². The van der Waals surface area contributed by atoms with Gasteiger partial charge in [-0.3, -0.25) is 0 Å². The normalized spacial score (nSPS) is 12.8. The predicted octanol–water partition coefficient (Wildman–Crippen LogP) is 14.8. The molecule has 54 heavy (non-hydrogen) atoms. The van der Waals surface area contributed by atoms with E-state index in [0.29, 0.717) is 0 Å². The van der Waals surface area contributed by atoms with Crippen molar-refractivity contribution in [2.24, 2.45) is 0 Å². The van der Waals surface area contributed by atoms with E-state index in [4.69, 9.17) is 0 Å². The Morgan fingerprint density at radius 3 is 1.46 bits per heavy atom. The molecule has 0 bridgehead atoms. The number of anilines is 3. The lowest BCUT2D eigenvalue weighted by Gasteiger charge is -2.27. The van der Waals surface area contributed by atoms with E-state index in [2.05, 4.69) is 219 Å². The molecule has 0 radical (unpaired) electrons. The summed E-state index contributed by atoms with van der Waals surface area (Å²) in [6.45, 7) is 4.70. The van der Waals surface area contributed by atoms with Gasteiger partial charge in [-0.15, -0.1) is 0 Å². The molecule has 0 amide bonds. The van der Waals surface area contributed by atoms with Crippen molar-refractivity contribution in [3.05, 3.63) is 211 Å². The molecule has 1 heteroatoms. The zero-order valence-corrected chi connectivity index (χ0v) is 30.5. The highest BCUT2D eigenvalue weighted by molar-refractivity contribution is 6.22. The van der Waals surface area contributed by atoms with Crippen LogP contribution in [0.4, 0.5) is 17.1 Å². The summed E-state index contributed by atoms with van der Waals surface area (Å²) in [4.78, 5) is 2.39. The smallest absolute Gasteiger partial charge is 0.0468 e. The maximum Gasteiger partial charge on any atom is 0.0468 e. The molecule has 0 spiro atoms. The molecule has 1 aliphatic rings. The first-order valence-electron chi connectivity index (χ1n) is 18.9. The lowest BCUT2D eigenvalue weighted by molar-refractivity contribution is 0.660. The van der Waals surface area contributed by atoms with Crippen LogP contribution in [0, 0.1) is 0 Å². The third-order valence-electron chi connectivity index (χ3n) is 11.4. The van der Waals surface area contributed by atoms with Crippen molar-refractivity contribution in [3.63, 3.8) is 0 Å². The van der Waals surface area contributed by atoms with E-state index in [1.165, 1.54) is 77.2 Å². The Morgan fingerprint density at radius 2 is 0.796 bits per heavy atom. The van der Waals surface area contributed by atoms with Gasteiger partial charge in [0.1, 0.15) is 0 Å². The lowest BCUT2D eigenvalue weighted by Crippen LogP contribution is -2.14.